The van der Waals surface area contributed by atoms with E-state index in [2.05, 4.69) is 10.3 Å². The minimum atomic E-state index is -0.448. The summed E-state index contributed by atoms with van der Waals surface area (Å²) in [7, 11) is 0. The van der Waals surface area contributed by atoms with Crippen molar-refractivity contribution in [2.24, 2.45) is 0 Å². The first-order valence-corrected chi connectivity index (χ1v) is 6.08. The average Bonchev–Trinajstić information content (AvgIpc) is 2.43. The Hall–Kier alpha value is -2.48. The quantitative estimate of drug-likeness (QED) is 0.927. The van der Waals surface area contributed by atoms with E-state index in [1.54, 1.807) is 19.2 Å². The number of nitrogens with zero attached hydrogens (tertiary/aromatic N) is 2. The lowest BCUT2D eigenvalue weighted by molar-refractivity contribution is 0.614. The third-order valence-corrected chi connectivity index (χ3v) is 3.07. The van der Waals surface area contributed by atoms with E-state index < -0.39 is 11.6 Å². The van der Waals surface area contributed by atoms with Crippen LogP contribution in [0.2, 0.25) is 0 Å². The zero-order valence-electron chi connectivity index (χ0n) is 11.1. The molecule has 5 heteroatoms. The van der Waals surface area contributed by atoms with Gasteiger partial charge in [-0.05, 0) is 37.6 Å². The van der Waals surface area contributed by atoms with Crippen LogP contribution in [0.3, 0.4) is 0 Å². The van der Waals surface area contributed by atoms with E-state index in [4.69, 9.17) is 5.26 Å². The standard InChI is InChI=1S/C15H13F2N3/c1-9-14(17)3-11(6-18)4-15(9)20-10(2)12-5-13(16)8-19-7-12/h3-5,7-8,10,20H,1-2H3. The van der Waals surface area contributed by atoms with Crippen molar-refractivity contribution in [3.05, 3.63) is 58.9 Å². The summed E-state index contributed by atoms with van der Waals surface area (Å²) in [4.78, 5) is 3.78. The van der Waals surface area contributed by atoms with Gasteiger partial charge in [0.25, 0.3) is 0 Å². The van der Waals surface area contributed by atoms with E-state index in [1.165, 1.54) is 12.1 Å². The molecule has 0 aliphatic heterocycles. The zero-order chi connectivity index (χ0) is 14.7. The van der Waals surface area contributed by atoms with Crippen LogP contribution in [0.5, 0.6) is 0 Å². The molecule has 1 atom stereocenters. The van der Waals surface area contributed by atoms with Gasteiger partial charge in [-0.25, -0.2) is 8.78 Å². The molecule has 0 amide bonds. The van der Waals surface area contributed by atoms with Gasteiger partial charge in [0.05, 0.1) is 23.9 Å². The maximum atomic E-state index is 13.7. The van der Waals surface area contributed by atoms with Gasteiger partial charge in [0.15, 0.2) is 0 Å². The molecule has 3 nitrogen and oxygen atoms in total. The summed E-state index contributed by atoms with van der Waals surface area (Å²) >= 11 is 0. The molecule has 1 N–H and O–H groups in total. The van der Waals surface area contributed by atoms with Crippen LogP contribution in [0.4, 0.5) is 14.5 Å². The number of anilines is 1. The summed E-state index contributed by atoms with van der Waals surface area (Å²) in [5.74, 6) is -0.874. The molecule has 0 bridgehead atoms. The number of hydrogen-bond acceptors (Lipinski definition) is 3. The van der Waals surface area contributed by atoms with Crippen LogP contribution in [-0.2, 0) is 0 Å². The fourth-order valence-electron chi connectivity index (χ4n) is 1.88. The van der Waals surface area contributed by atoms with Gasteiger partial charge in [-0.3, -0.25) is 4.98 Å². The van der Waals surface area contributed by atoms with E-state index in [0.29, 0.717) is 16.8 Å². The molecular formula is C15H13F2N3. The Morgan fingerprint density at radius 1 is 1.25 bits per heavy atom. The van der Waals surface area contributed by atoms with Gasteiger partial charge < -0.3 is 5.32 Å². The first-order valence-electron chi connectivity index (χ1n) is 6.08. The van der Waals surface area contributed by atoms with Crippen molar-refractivity contribution in [1.29, 1.82) is 5.26 Å². The van der Waals surface area contributed by atoms with Crippen molar-refractivity contribution in [3.8, 4) is 6.07 Å². The zero-order valence-corrected chi connectivity index (χ0v) is 11.1. The van der Waals surface area contributed by atoms with Crippen molar-refractivity contribution < 1.29 is 8.78 Å². The van der Waals surface area contributed by atoms with Crippen molar-refractivity contribution in [2.45, 2.75) is 19.9 Å². The molecular weight excluding hydrogens is 260 g/mol. The lowest BCUT2D eigenvalue weighted by Gasteiger charge is -2.17. The summed E-state index contributed by atoms with van der Waals surface area (Å²) in [6.07, 6.45) is 2.66. The molecule has 0 saturated carbocycles. The number of aromatic nitrogens is 1. The molecule has 2 aromatic rings. The van der Waals surface area contributed by atoms with Crippen LogP contribution in [0.15, 0.2) is 30.6 Å². The van der Waals surface area contributed by atoms with Gasteiger partial charge in [0.2, 0.25) is 0 Å². The number of nitriles is 1. The summed E-state index contributed by atoms with van der Waals surface area (Å²) < 4.78 is 26.8. The first kappa shape index (κ1) is 13.9. The highest BCUT2D eigenvalue weighted by Crippen LogP contribution is 2.25. The lowest BCUT2D eigenvalue weighted by Crippen LogP contribution is -2.09. The molecule has 102 valence electrons. The molecule has 2 rings (SSSR count). The Bertz CT molecular complexity index is 677. The number of nitrogens with one attached hydrogen (secondary N) is 1. The Kier molecular flexibility index (Phi) is 3.94. The SMILES string of the molecule is Cc1c(F)cc(C#N)cc1NC(C)c1cncc(F)c1. The second-order valence-corrected chi connectivity index (χ2v) is 4.54. The van der Waals surface area contributed by atoms with Crippen molar-refractivity contribution in [1.82, 2.24) is 4.98 Å². The normalized spacial score (nSPS) is 11.8. The highest BCUT2D eigenvalue weighted by Gasteiger charge is 2.12. The molecule has 1 aromatic heterocycles. The number of hydrogen-bond donors (Lipinski definition) is 1. The number of benzene rings is 1. The van der Waals surface area contributed by atoms with Crippen molar-refractivity contribution in [3.63, 3.8) is 0 Å². The highest BCUT2D eigenvalue weighted by molar-refractivity contribution is 5.56. The van der Waals surface area contributed by atoms with Crippen molar-refractivity contribution in [2.75, 3.05) is 5.32 Å². The largest absolute Gasteiger partial charge is 0.378 e. The number of halogens is 2. The topological polar surface area (TPSA) is 48.7 Å². The third kappa shape index (κ3) is 2.91. The van der Waals surface area contributed by atoms with Gasteiger partial charge in [-0.1, -0.05) is 0 Å². The molecule has 1 heterocycles. The van der Waals surface area contributed by atoms with Crippen LogP contribution in [0.25, 0.3) is 0 Å². The summed E-state index contributed by atoms with van der Waals surface area (Å²) in [6.45, 7) is 3.43. The van der Waals surface area contributed by atoms with E-state index in [-0.39, 0.29) is 11.6 Å². The predicted molar refractivity (Wildman–Crippen MR) is 72.1 cm³/mol. The number of pyridine rings is 1. The Labute approximate surface area is 115 Å². The monoisotopic (exact) mass is 273 g/mol. The van der Waals surface area contributed by atoms with Gasteiger partial charge >= 0.3 is 0 Å². The van der Waals surface area contributed by atoms with E-state index in [0.717, 1.165) is 6.20 Å². The van der Waals surface area contributed by atoms with Crippen molar-refractivity contribution >= 4 is 5.69 Å². The average molecular weight is 273 g/mol. The number of rotatable bonds is 3. The van der Waals surface area contributed by atoms with Crippen LogP contribution in [0, 0.1) is 29.9 Å². The molecule has 1 unspecified atom stereocenters. The Balaban J connectivity index is 2.30. The summed E-state index contributed by atoms with van der Waals surface area (Å²) in [5.41, 5.74) is 1.81. The maximum absolute atomic E-state index is 13.7. The lowest BCUT2D eigenvalue weighted by atomic mass is 10.1. The molecule has 0 spiro atoms. The van der Waals surface area contributed by atoms with E-state index >= 15 is 0 Å². The molecule has 1 aromatic carbocycles. The minimum Gasteiger partial charge on any atom is -0.378 e. The van der Waals surface area contributed by atoms with E-state index in [1.807, 2.05) is 13.0 Å². The smallest absolute Gasteiger partial charge is 0.141 e. The Morgan fingerprint density at radius 3 is 2.65 bits per heavy atom. The second kappa shape index (κ2) is 5.66. The molecule has 20 heavy (non-hydrogen) atoms. The fraction of sp³-hybridized carbons (Fsp3) is 0.200. The third-order valence-electron chi connectivity index (χ3n) is 3.07. The van der Waals surface area contributed by atoms with Gasteiger partial charge in [-0.2, -0.15) is 5.26 Å². The minimum absolute atomic E-state index is 0.236. The van der Waals surface area contributed by atoms with E-state index in [9.17, 15) is 8.78 Å². The first-order chi connectivity index (χ1) is 9.51. The van der Waals surface area contributed by atoms with Gasteiger partial charge in [0, 0.05) is 17.4 Å². The molecule has 0 aliphatic carbocycles. The second-order valence-electron chi connectivity index (χ2n) is 4.54. The van der Waals surface area contributed by atoms with Gasteiger partial charge in [0.1, 0.15) is 11.6 Å². The molecule has 0 saturated heterocycles. The van der Waals surface area contributed by atoms with Crippen LogP contribution in [0.1, 0.15) is 29.7 Å². The van der Waals surface area contributed by atoms with Crippen LogP contribution in [-0.4, -0.2) is 4.98 Å². The van der Waals surface area contributed by atoms with Gasteiger partial charge in [-0.15, -0.1) is 0 Å². The van der Waals surface area contributed by atoms with Crippen LogP contribution < -0.4 is 5.32 Å². The maximum Gasteiger partial charge on any atom is 0.141 e. The fourth-order valence-corrected chi connectivity index (χ4v) is 1.88. The predicted octanol–water partition coefficient (Wildman–Crippen LogP) is 3.71. The molecule has 0 fully saturated rings. The molecule has 0 aliphatic rings. The molecule has 0 radical (unpaired) electrons. The summed E-state index contributed by atoms with van der Waals surface area (Å²) in [5, 5.41) is 11.9. The summed E-state index contributed by atoms with van der Waals surface area (Å²) in [6, 6.07) is 5.77. The van der Waals surface area contributed by atoms with Crippen LogP contribution >= 0.6 is 0 Å². The Morgan fingerprint density at radius 2 is 2.00 bits per heavy atom. The highest BCUT2D eigenvalue weighted by atomic mass is 19.1.